The lowest BCUT2D eigenvalue weighted by Crippen LogP contribution is -2.14. The van der Waals surface area contributed by atoms with Crippen molar-refractivity contribution in [3.63, 3.8) is 0 Å². The first-order valence-electron chi connectivity index (χ1n) is 5.37. The van der Waals surface area contributed by atoms with Crippen LogP contribution in [-0.4, -0.2) is 10.9 Å². The minimum atomic E-state index is -0.701. The van der Waals surface area contributed by atoms with E-state index < -0.39 is 11.7 Å². The maximum absolute atomic E-state index is 13.3. The summed E-state index contributed by atoms with van der Waals surface area (Å²) in [7, 11) is 0. The Kier molecular flexibility index (Phi) is 4.02. The van der Waals surface area contributed by atoms with Crippen LogP contribution >= 0.6 is 23.2 Å². The first-order chi connectivity index (χ1) is 8.97. The van der Waals surface area contributed by atoms with E-state index in [9.17, 15) is 9.18 Å². The van der Waals surface area contributed by atoms with Crippen LogP contribution in [0.2, 0.25) is 10.0 Å². The molecule has 1 amide bonds. The van der Waals surface area contributed by atoms with Crippen LogP contribution in [0.25, 0.3) is 0 Å². The number of nitrogens with zero attached hydrogens (tertiary/aromatic N) is 1. The fraction of sp³-hybridized carbons (Fsp3) is 0.0769. The summed E-state index contributed by atoms with van der Waals surface area (Å²) in [6, 6.07) is 7.37. The summed E-state index contributed by atoms with van der Waals surface area (Å²) in [5, 5.41) is 2.49. The zero-order chi connectivity index (χ0) is 14.0. The Labute approximate surface area is 119 Å². The van der Waals surface area contributed by atoms with Crippen LogP contribution < -0.4 is 5.32 Å². The lowest BCUT2D eigenvalue weighted by molar-refractivity contribution is 0.102. The Morgan fingerprint density at radius 1 is 1.26 bits per heavy atom. The summed E-state index contributed by atoms with van der Waals surface area (Å²) in [5.74, 6) is -0.872. The molecule has 0 radical (unpaired) electrons. The third-order valence-electron chi connectivity index (χ3n) is 2.38. The van der Waals surface area contributed by atoms with Gasteiger partial charge in [0.25, 0.3) is 5.91 Å². The second kappa shape index (κ2) is 5.55. The Morgan fingerprint density at radius 3 is 2.68 bits per heavy atom. The van der Waals surface area contributed by atoms with E-state index in [4.69, 9.17) is 23.2 Å². The highest BCUT2D eigenvalue weighted by Gasteiger charge is 2.14. The summed E-state index contributed by atoms with van der Waals surface area (Å²) in [6.07, 6.45) is 0. The van der Waals surface area contributed by atoms with Crippen molar-refractivity contribution in [3.8, 4) is 0 Å². The van der Waals surface area contributed by atoms with Gasteiger partial charge in [0.2, 0.25) is 0 Å². The van der Waals surface area contributed by atoms with Crippen molar-refractivity contribution < 1.29 is 9.18 Å². The highest BCUT2D eigenvalue weighted by molar-refractivity contribution is 6.37. The number of pyridine rings is 1. The first-order valence-corrected chi connectivity index (χ1v) is 6.12. The van der Waals surface area contributed by atoms with Crippen LogP contribution in [-0.2, 0) is 0 Å². The first kappa shape index (κ1) is 13.8. The molecule has 1 heterocycles. The number of amides is 1. The van der Waals surface area contributed by atoms with Crippen molar-refractivity contribution in [1.29, 1.82) is 0 Å². The maximum Gasteiger partial charge on any atom is 0.258 e. The molecular formula is C13H9Cl2FN2O. The number of aryl methyl sites for hydroxylation is 1. The minimum Gasteiger partial charge on any atom is -0.307 e. The quantitative estimate of drug-likeness (QED) is 0.849. The fourth-order valence-electron chi connectivity index (χ4n) is 1.49. The summed E-state index contributed by atoms with van der Waals surface area (Å²) in [6.45, 7) is 1.80. The van der Waals surface area contributed by atoms with Gasteiger partial charge >= 0.3 is 0 Å². The van der Waals surface area contributed by atoms with E-state index in [1.165, 1.54) is 6.07 Å². The molecule has 0 saturated carbocycles. The van der Waals surface area contributed by atoms with E-state index in [1.807, 2.05) is 0 Å². The SMILES string of the molecule is Cc1cccc(NC(=O)c2cc(F)c(Cl)cc2Cl)n1. The van der Waals surface area contributed by atoms with E-state index >= 15 is 0 Å². The lowest BCUT2D eigenvalue weighted by atomic mass is 10.2. The highest BCUT2D eigenvalue weighted by atomic mass is 35.5. The van der Waals surface area contributed by atoms with Crippen molar-refractivity contribution in [2.75, 3.05) is 5.32 Å². The molecule has 0 aliphatic carbocycles. The van der Waals surface area contributed by atoms with Gasteiger partial charge in [-0.05, 0) is 31.2 Å². The second-order valence-electron chi connectivity index (χ2n) is 3.86. The summed E-state index contributed by atoms with van der Waals surface area (Å²) < 4.78 is 13.3. The van der Waals surface area contributed by atoms with Gasteiger partial charge in [-0.25, -0.2) is 9.37 Å². The molecule has 2 rings (SSSR count). The Morgan fingerprint density at radius 2 is 2.00 bits per heavy atom. The monoisotopic (exact) mass is 298 g/mol. The number of nitrogens with one attached hydrogen (secondary N) is 1. The molecule has 0 saturated heterocycles. The maximum atomic E-state index is 13.3. The molecule has 0 fully saturated rings. The van der Waals surface area contributed by atoms with Gasteiger partial charge in [0.15, 0.2) is 0 Å². The topological polar surface area (TPSA) is 42.0 Å². The molecule has 0 bridgehead atoms. The normalized spacial score (nSPS) is 10.3. The van der Waals surface area contributed by atoms with Gasteiger partial charge in [-0.1, -0.05) is 29.3 Å². The number of carbonyl (C=O) groups is 1. The highest BCUT2D eigenvalue weighted by Crippen LogP contribution is 2.24. The van der Waals surface area contributed by atoms with E-state index in [0.717, 1.165) is 11.8 Å². The zero-order valence-electron chi connectivity index (χ0n) is 9.88. The fourth-order valence-corrected chi connectivity index (χ4v) is 1.96. The molecule has 6 heteroatoms. The Bertz CT molecular complexity index is 647. The van der Waals surface area contributed by atoms with Crippen molar-refractivity contribution in [2.45, 2.75) is 6.92 Å². The van der Waals surface area contributed by atoms with Crippen LogP contribution in [0.4, 0.5) is 10.2 Å². The van der Waals surface area contributed by atoms with Crippen molar-refractivity contribution in [1.82, 2.24) is 4.98 Å². The van der Waals surface area contributed by atoms with Gasteiger partial charge < -0.3 is 5.32 Å². The molecule has 0 unspecified atom stereocenters. The number of anilines is 1. The van der Waals surface area contributed by atoms with Gasteiger partial charge in [0, 0.05) is 5.69 Å². The Balaban J connectivity index is 2.28. The van der Waals surface area contributed by atoms with Gasteiger partial charge in [-0.3, -0.25) is 4.79 Å². The van der Waals surface area contributed by atoms with Crippen LogP contribution in [0.15, 0.2) is 30.3 Å². The largest absolute Gasteiger partial charge is 0.307 e. The van der Waals surface area contributed by atoms with Gasteiger partial charge in [-0.2, -0.15) is 0 Å². The minimum absolute atomic E-state index is 0.00636. The number of hydrogen-bond donors (Lipinski definition) is 1. The summed E-state index contributed by atoms with van der Waals surface area (Å²) in [4.78, 5) is 16.1. The molecule has 0 aliphatic rings. The van der Waals surface area contributed by atoms with E-state index in [-0.39, 0.29) is 15.6 Å². The number of aromatic nitrogens is 1. The van der Waals surface area contributed by atoms with E-state index in [1.54, 1.807) is 25.1 Å². The molecule has 0 spiro atoms. The molecule has 2 aromatic rings. The number of hydrogen-bond acceptors (Lipinski definition) is 2. The van der Waals surface area contributed by atoms with Crippen molar-refractivity contribution in [2.24, 2.45) is 0 Å². The molecular weight excluding hydrogens is 290 g/mol. The van der Waals surface area contributed by atoms with E-state index in [0.29, 0.717) is 5.82 Å². The molecule has 1 aromatic carbocycles. The van der Waals surface area contributed by atoms with Gasteiger partial charge in [0.1, 0.15) is 11.6 Å². The van der Waals surface area contributed by atoms with Crippen LogP contribution in [0, 0.1) is 12.7 Å². The number of rotatable bonds is 2. The molecule has 0 atom stereocenters. The summed E-state index contributed by atoms with van der Waals surface area (Å²) in [5.41, 5.74) is 0.762. The molecule has 3 nitrogen and oxygen atoms in total. The number of carbonyl (C=O) groups excluding carboxylic acids is 1. The number of benzene rings is 1. The standard InChI is InChI=1S/C13H9Cl2FN2O/c1-7-3-2-4-12(17-7)18-13(19)8-5-11(16)10(15)6-9(8)14/h2-6H,1H3,(H,17,18,19). The predicted molar refractivity (Wildman–Crippen MR) is 73.3 cm³/mol. The Hall–Kier alpha value is -1.65. The number of halogens is 3. The van der Waals surface area contributed by atoms with Gasteiger partial charge in [0.05, 0.1) is 15.6 Å². The van der Waals surface area contributed by atoms with Crippen molar-refractivity contribution >= 4 is 34.9 Å². The van der Waals surface area contributed by atoms with Crippen LogP contribution in [0.1, 0.15) is 16.1 Å². The van der Waals surface area contributed by atoms with Crippen LogP contribution in [0.3, 0.4) is 0 Å². The lowest BCUT2D eigenvalue weighted by Gasteiger charge is -2.07. The average molecular weight is 299 g/mol. The summed E-state index contributed by atoms with van der Waals surface area (Å²) >= 11 is 11.4. The molecule has 1 aromatic heterocycles. The van der Waals surface area contributed by atoms with Crippen LogP contribution in [0.5, 0.6) is 0 Å². The van der Waals surface area contributed by atoms with Gasteiger partial charge in [-0.15, -0.1) is 0 Å². The second-order valence-corrected chi connectivity index (χ2v) is 4.68. The average Bonchev–Trinajstić information content (AvgIpc) is 2.33. The molecule has 98 valence electrons. The predicted octanol–water partition coefficient (Wildman–Crippen LogP) is 4.09. The third-order valence-corrected chi connectivity index (χ3v) is 2.99. The molecule has 19 heavy (non-hydrogen) atoms. The smallest absolute Gasteiger partial charge is 0.258 e. The zero-order valence-corrected chi connectivity index (χ0v) is 11.4. The van der Waals surface area contributed by atoms with E-state index in [2.05, 4.69) is 10.3 Å². The van der Waals surface area contributed by atoms with Crippen molar-refractivity contribution in [3.05, 3.63) is 57.5 Å². The molecule has 0 aliphatic heterocycles. The molecule has 1 N–H and O–H groups in total. The third kappa shape index (κ3) is 3.22.